The molecule has 3 rings (SSSR count). The molecule has 0 aliphatic heterocycles. The van der Waals surface area contributed by atoms with Gasteiger partial charge in [-0.05, 0) is 0 Å². The summed E-state index contributed by atoms with van der Waals surface area (Å²) in [7, 11) is 0. The van der Waals surface area contributed by atoms with Crippen LogP contribution < -0.4 is 15.9 Å². The van der Waals surface area contributed by atoms with Crippen LogP contribution in [0, 0.1) is 0 Å². The van der Waals surface area contributed by atoms with Crippen LogP contribution in [0.2, 0.25) is 0 Å². The second-order valence-corrected chi connectivity index (χ2v) is 13.4. The first-order valence-electron chi connectivity index (χ1n) is 6.75. The van der Waals surface area contributed by atoms with Crippen LogP contribution in [0.3, 0.4) is 0 Å². The summed E-state index contributed by atoms with van der Waals surface area (Å²) < 4.78 is 0. The summed E-state index contributed by atoms with van der Waals surface area (Å²) in [4.78, 5) is 0. The summed E-state index contributed by atoms with van der Waals surface area (Å²) >= 11 is 5.68. The summed E-state index contributed by atoms with van der Waals surface area (Å²) in [5, 5.41) is 4.21. The van der Waals surface area contributed by atoms with E-state index >= 15 is 0 Å². The molecule has 0 atom stereocenters. The number of rotatable bonds is 4. The number of benzene rings is 3. The van der Waals surface area contributed by atoms with Crippen LogP contribution in [-0.4, -0.2) is 0 Å². The van der Waals surface area contributed by atoms with Gasteiger partial charge in [-0.3, -0.25) is 0 Å². The van der Waals surface area contributed by atoms with Crippen molar-refractivity contribution >= 4 is 36.0 Å². The molecule has 0 spiro atoms. The zero-order valence-electron chi connectivity index (χ0n) is 11.3. The fourth-order valence-corrected chi connectivity index (χ4v) is 13.1. The van der Waals surface area contributed by atoms with Gasteiger partial charge in [0, 0.05) is 0 Å². The molecular formula is C18H16BrCuP. The van der Waals surface area contributed by atoms with E-state index in [1.54, 1.807) is 0 Å². The third kappa shape index (κ3) is 2.87. The molecule has 0 aliphatic carbocycles. The molecule has 0 radical (unpaired) electrons. The average molecular weight is 407 g/mol. The van der Waals surface area contributed by atoms with Crippen LogP contribution in [0.4, 0.5) is 0 Å². The standard InChI is InChI=1S/C18H15P.BrH.Cu/c1-4-10-16(11-5-1)19(17-12-6-2-7-13-17)18-14-8-3-9-15-18;;/h1-15H;1H;. The topological polar surface area (TPSA) is 0 Å². The third-order valence-corrected chi connectivity index (χ3v) is 14.6. The summed E-state index contributed by atoms with van der Waals surface area (Å²) in [5.41, 5.74) is 0. The zero-order chi connectivity index (χ0) is 14.5. The second-order valence-electron chi connectivity index (χ2n) is 4.76. The van der Waals surface area contributed by atoms with E-state index in [0.29, 0.717) is 0 Å². The Bertz CT molecular complexity index is 590. The van der Waals surface area contributed by atoms with Gasteiger partial charge >= 0.3 is 140 Å². The molecule has 0 N–H and O–H groups in total. The van der Waals surface area contributed by atoms with Gasteiger partial charge in [-0.2, -0.15) is 0 Å². The van der Waals surface area contributed by atoms with Crippen molar-refractivity contribution in [2.45, 2.75) is 0 Å². The summed E-state index contributed by atoms with van der Waals surface area (Å²) in [5.74, 6) is -2.07. The van der Waals surface area contributed by atoms with Gasteiger partial charge in [0.1, 0.15) is 0 Å². The minimum atomic E-state index is -2.07. The quantitative estimate of drug-likeness (QED) is 0.453. The monoisotopic (exact) mass is 405 g/mol. The van der Waals surface area contributed by atoms with E-state index in [4.69, 9.17) is 0 Å². The zero-order valence-corrected chi connectivity index (χ0v) is 14.9. The Morgan fingerprint density at radius 1 is 0.524 bits per heavy atom. The second kappa shape index (κ2) is 6.90. The van der Waals surface area contributed by atoms with E-state index in [2.05, 4.69) is 105 Å². The fourth-order valence-electron chi connectivity index (χ4n) is 2.56. The molecule has 111 valence electrons. The Morgan fingerprint density at radius 2 is 0.810 bits per heavy atom. The molecule has 0 saturated heterocycles. The predicted octanol–water partition coefficient (Wildman–Crippen LogP) is 4.02. The summed E-state index contributed by atoms with van der Waals surface area (Å²) in [6.45, 7) is 0. The fraction of sp³-hybridized carbons (Fsp3) is 0. The molecule has 0 nitrogen and oxygen atoms in total. The maximum absolute atomic E-state index is 3.75. The van der Waals surface area contributed by atoms with E-state index in [9.17, 15) is 0 Å². The van der Waals surface area contributed by atoms with Crippen LogP contribution in [0.15, 0.2) is 91.0 Å². The van der Waals surface area contributed by atoms with Gasteiger partial charge in [0.25, 0.3) is 0 Å². The van der Waals surface area contributed by atoms with Crippen molar-refractivity contribution in [3.8, 4) is 0 Å². The number of halogens is 1. The molecule has 0 heterocycles. The van der Waals surface area contributed by atoms with E-state index in [0.717, 1.165) is 0 Å². The molecular weight excluding hydrogens is 391 g/mol. The van der Waals surface area contributed by atoms with E-state index in [1.165, 1.54) is 15.9 Å². The van der Waals surface area contributed by atoms with Crippen molar-refractivity contribution in [1.29, 1.82) is 0 Å². The molecule has 0 saturated carbocycles. The van der Waals surface area contributed by atoms with Gasteiger partial charge in [0.15, 0.2) is 0 Å². The van der Waals surface area contributed by atoms with Crippen molar-refractivity contribution < 1.29 is 12.7 Å². The summed E-state index contributed by atoms with van der Waals surface area (Å²) in [6, 6.07) is 32.5. The Balaban J connectivity index is 2.29. The minimum absolute atomic E-state index is 1.40. The van der Waals surface area contributed by atoms with Crippen molar-refractivity contribution in [3.05, 3.63) is 91.0 Å². The van der Waals surface area contributed by atoms with E-state index in [1.807, 2.05) is 12.7 Å². The Kier molecular flexibility index (Phi) is 4.93. The third-order valence-electron chi connectivity index (χ3n) is 3.53. The van der Waals surface area contributed by atoms with Gasteiger partial charge in [-0.1, -0.05) is 0 Å². The van der Waals surface area contributed by atoms with Crippen LogP contribution in [-0.2, 0) is 12.7 Å². The predicted molar refractivity (Wildman–Crippen MR) is 95.5 cm³/mol. The number of hydrogen-bond donors (Lipinski definition) is 0. The van der Waals surface area contributed by atoms with Crippen molar-refractivity contribution in [1.82, 2.24) is 0 Å². The first kappa shape index (κ1) is 15.0. The Morgan fingerprint density at radius 3 is 1.05 bits per heavy atom. The molecule has 0 bridgehead atoms. The Hall–Kier alpha value is -0.911. The average Bonchev–Trinajstić information content (AvgIpc) is 2.59. The molecule has 0 unspecified atom stereocenters. The first-order valence-corrected chi connectivity index (χ1v) is 12.3. The van der Waals surface area contributed by atoms with Gasteiger partial charge in [0.2, 0.25) is 0 Å². The normalized spacial score (nSPS) is 12.2. The summed E-state index contributed by atoms with van der Waals surface area (Å²) in [6.07, 6.45) is 0. The SMILES string of the molecule is [Br][Cu][PH](c1ccccc1)(c1ccccc1)c1ccccc1. The Labute approximate surface area is 139 Å². The van der Waals surface area contributed by atoms with Gasteiger partial charge in [-0.15, -0.1) is 0 Å². The first-order chi connectivity index (χ1) is 10.4. The molecule has 3 heteroatoms. The maximum atomic E-state index is 3.75. The van der Waals surface area contributed by atoms with E-state index in [-0.39, 0.29) is 0 Å². The molecule has 0 fully saturated rings. The van der Waals surface area contributed by atoms with Crippen LogP contribution in [0.1, 0.15) is 0 Å². The van der Waals surface area contributed by atoms with Crippen molar-refractivity contribution in [2.24, 2.45) is 0 Å². The van der Waals surface area contributed by atoms with Gasteiger partial charge in [-0.25, -0.2) is 0 Å². The molecule has 3 aromatic rings. The van der Waals surface area contributed by atoms with Crippen LogP contribution >= 0.6 is 20.1 Å². The van der Waals surface area contributed by atoms with Gasteiger partial charge in [0.05, 0.1) is 0 Å². The van der Waals surface area contributed by atoms with Crippen LogP contribution in [0.25, 0.3) is 0 Å². The van der Waals surface area contributed by atoms with Crippen molar-refractivity contribution in [2.75, 3.05) is 0 Å². The van der Waals surface area contributed by atoms with Crippen molar-refractivity contribution in [3.63, 3.8) is 0 Å². The van der Waals surface area contributed by atoms with Gasteiger partial charge < -0.3 is 0 Å². The molecule has 0 amide bonds. The molecule has 0 aliphatic rings. The van der Waals surface area contributed by atoms with E-state index < -0.39 is 5.95 Å². The molecule has 0 aromatic heterocycles. The molecule has 3 aromatic carbocycles. The molecule has 21 heavy (non-hydrogen) atoms. The van der Waals surface area contributed by atoms with Crippen LogP contribution in [0.5, 0.6) is 0 Å². The number of hydrogen-bond acceptors (Lipinski definition) is 0.